The molecule has 0 N–H and O–H groups in total. The van der Waals surface area contributed by atoms with Crippen LogP contribution in [0.1, 0.15) is 35.4 Å². The number of benzene rings is 3. The van der Waals surface area contributed by atoms with E-state index in [4.69, 9.17) is 0 Å². The number of aryl methyl sites for hydroxylation is 1. The summed E-state index contributed by atoms with van der Waals surface area (Å²) >= 11 is 3.48. The first-order valence-corrected chi connectivity index (χ1v) is 11.3. The Kier molecular flexibility index (Phi) is 6.42. The molecule has 0 radical (unpaired) electrons. The summed E-state index contributed by atoms with van der Waals surface area (Å²) in [7, 11) is 4.01. The van der Waals surface area contributed by atoms with Crippen LogP contribution in [0.15, 0.2) is 71.2 Å². The third-order valence-electron chi connectivity index (χ3n) is 5.92. The van der Waals surface area contributed by atoms with Crippen LogP contribution in [0.25, 0.3) is 0 Å². The molecule has 3 nitrogen and oxygen atoms in total. The fraction of sp³-hybridized carbons (Fsp3) is 0.269. The molecule has 3 aromatic carbocycles. The summed E-state index contributed by atoms with van der Waals surface area (Å²) in [5.41, 5.74) is 4.92. The maximum absolute atomic E-state index is 14.0. The number of amides is 1. The lowest BCUT2D eigenvalue weighted by Gasteiger charge is -2.31. The lowest BCUT2D eigenvalue weighted by Crippen LogP contribution is -2.36. The van der Waals surface area contributed by atoms with Gasteiger partial charge in [-0.15, -0.1) is 0 Å². The SMILES string of the molecule is CN(C)c1ccc(CN(C(=O)C2CCCc3ccc(F)cc32)c2ccc(Br)cc2)cc1. The van der Waals surface area contributed by atoms with Crippen LogP contribution >= 0.6 is 15.9 Å². The standard InChI is InChI=1S/C26H26BrFN2O/c1-29(2)22-12-6-18(7-13-22)17-30(23-14-9-20(27)10-15-23)26(31)24-5-3-4-19-8-11-21(28)16-25(19)24/h6-16,24H,3-5,17H2,1-2H3. The van der Waals surface area contributed by atoms with Gasteiger partial charge in [-0.2, -0.15) is 0 Å². The van der Waals surface area contributed by atoms with Crippen molar-refractivity contribution in [3.05, 3.63) is 93.7 Å². The number of nitrogens with zero attached hydrogens (tertiary/aromatic N) is 2. The lowest BCUT2D eigenvalue weighted by molar-refractivity contribution is -0.120. The molecule has 0 heterocycles. The molecule has 0 bridgehead atoms. The van der Waals surface area contributed by atoms with Gasteiger partial charge in [-0.05, 0) is 84.5 Å². The van der Waals surface area contributed by atoms with Crippen LogP contribution in [-0.2, 0) is 17.8 Å². The average molecular weight is 481 g/mol. The molecule has 1 aliphatic carbocycles. The van der Waals surface area contributed by atoms with E-state index in [9.17, 15) is 9.18 Å². The number of carbonyl (C=O) groups is 1. The van der Waals surface area contributed by atoms with Crippen molar-refractivity contribution in [1.82, 2.24) is 0 Å². The Balaban J connectivity index is 1.68. The van der Waals surface area contributed by atoms with E-state index in [-0.39, 0.29) is 17.6 Å². The maximum atomic E-state index is 14.0. The highest BCUT2D eigenvalue weighted by Crippen LogP contribution is 2.35. The van der Waals surface area contributed by atoms with E-state index in [0.717, 1.165) is 51.8 Å². The van der Waals surface area contributed by atoms with Crippen molar-refractivity contribution in [2.24, 2.45) is 0 Å². The zero-order chi connectivity index (χ0) is 22.0. The van der Waals surface area contributed by atoms with Gasteiger partial charge in [0.15, 0.2) is 0 Å². The number of anilines is 2. The first-order chi connectivity index (χ1) is 14.9. The molecule has 5 heteroatoms. The van der Waals surface area contributed by atoms with Gasteiger partial charge >= 0.3 is 0 Å². The van der Waals surface area contributed by atoms with Crippen molar-refractivity contribution in [3.8, 4) is 0 Å². The van der Waals surface area contributed by atoms with Gasteiger partial charge in [-0.3, -0.25) is 4.79 Å². The van der Waals surface area contributed by atoms with Crippen LogP contribution in [-0.4, -0.2) is 20.0 Å². The minimum Gasteiger partial charge on any atom is -0.378 e. The predicted octanol–water partition coefficient (Wildman–Crippen LogP) is 6.31. The van der Waals surface area contributed by atoms with Crippen LogP contribution < -0.4 is 9.80 Å². The summed E-state index contributed by atoms with van der Waals surface area (Å²) in [5, 5.41) is 0. The molecule has 1 aliphatic rings. The highest BCUT2D eigenvalue weighted by Gasteiger charge is 2.31. The molecule has 0 saturated carbocycles. The molecule has 0 aromatic heterocycles. The summed E-state index contributed by atoms with van der Waals surface area (Å²) in [4.78, 5) is 17.7. The molecule has 1 amide bonds. The number of fused-ring (bicyclic) bond motifs is 1. The molecular formula is C26H26BrFN2O. The molecule has 160 valence electrons. The van der Waals surface area contributed by atoms with E-state index in [0.29, 0.717) is 6.54 Å². The Morgan fingerprint density at radius 3 is 2.35 bits per heavy atom. The van der Waals surface area contributed by atoms with Crippen LogP contribution in [0.4, 0.5) is 15.8 Å². The van der Waals surface area contributed by atoms with Gasteiger partial charge in [-0.25, -0.2) is 4.39 Å². The summed E-state index contributed by atoms with van der Waals surface area (Å²) in [6, 6.07) is 20.9. The van der Waals surface area contributed by atoms with Crippen molar-refractivity contribution in [2.75, 3.05) is 23.9 Å². The van der Waals surface area contributed by atoms with Gasteiger partial charge in [0.05, 0.1) is 12.5 Å². The summed E-state index contributed by atoms with van der Waals surface area (Å²) < 4.78 is 15.0. The number of carbonyl (C=O) groups excluding carboxylic acids is 1. The minimum atomic E-state index is -0.329. The van der Waals surface area contributed by atoms with Crippen LogP contribution in [0.3, 0.4) is 0 Å². The van der Waals surface area contributed by atoms with Gasteiger partial charge in [0, 0.05) is 29.9 Å². The second-order valence-electron chi connectivity index (χ2n) is 8.25. The molecule has 4 rings (SSSR count). The molecule has 3 aromatic rings. The van der Waals surface area contributed by atoms with Crippen LogP contribution in [0, 0.1) is 5.82 Å². The quantitative estimate of drug-likeness (QED) is 0.427. The molecule has 0 spiro atoms. The van der Waals surface area contributed by atoms with Crippen LogP contribution in [0.5, 0.6) is 0 Å². The van der Waals surface area contributed by atoms with Gasteiger partial charge < -0.3 is 9.80 Å². The molecule has 1 atom stereocenters. The van der Waals surface area contributed by atoms with E-state index < -0.39 is 0 Å². The van der Waals surface area contributed by atoms with Gasteiger partial charge in [0.1, 0.15) is 5.82 Å². The Morgan fingerprint density at radius 2 is 1.68 bits per heavy atom. The Labute approximate surface area is 191 Å². The first-order valence-electron chi connectivity index (χ1n) is 10.5. The van der Waals surface area contributed by atoms with E-state index in [1.165, 1.54) is 6.07 Å². The first kappa shape index (κ1) is 21.6. The molecule has 0 saturated heterocycles. The lowest BCUT2D eigenvalue weighted by atomic mass is 9.82. The van der Waals surface area contributed by atoms with Crippen molar-refractivity contribution < 1.29 is 9.18 Å². The Bertz CT molecular complexity index is 1060. The molecule has 0 fully saturated rings. The fourth-order valence-electron chi connectivity index (χ4n) is 4.21. The summed E-state index contributed by atoms with van der Waals surface area (Å²) in [6.45, 7) is 0.468. The van der Waals surface area contributed by atoms with Gasteiger partial charge in [0.2, 0.25) is 5.91 Å². The van der Waals surface area contributed by atoms with Gasteiger partial charge in [0.25, 0.3) is 0 Å². The third kappa shape index (κ3) is 4.82. The average Bonchev–Trinajstić information content (AvgIpc) is 2.77. The molecule has 1 unspecified atom stereocenters. The van der Waals surface area contributed by atoms with Crippen molar-refractivity contribution in [2.45, 2.75) is 31.7 Å². The number of hydrogen-bond donors (Lipinski definition) is 0. The summed E-state index contributed by atoms with van der Waals surface area (Å²) in [5.74, 6) is -0.595. The largest absolute Gasteiger partial charge is 0.378 e. The predicted molar refractivity (Wildman–Crippen MR) is 128 cm³/mol. The fourth-order valence-corrected chi connectivity index (χ4v) is 4.48. The zero-order valence-corrected chi connectivity index (χ0v) is 19.4. The van der Waals surface area contributed by atoms with E-state index in [1.54, 1.807) is 6.07 Å². The third-order valence-corrected chi connectivity index (χ3v) is 6.45. The normalized spacial score (nSPS) is 15.3. The van der Waals surface area contributed by atoms with E-state index in [1.807, 2.05) is 49.3 Å². The smallest absolute Gasteiger partial charge is 0.234 e. The van der Waals surface area contributed by atoms with E-state index in [2.05, 4.69) is 45.1 Å². The number of hydrogen-bond acceptors (Lipinski definition) is 2. The highest BCUT2D eigenvalue weighted by molar-refractivity contribution is 9.10. The minimum absolute atomic E-state index is 0.0190. The van der Waals surface area contributed by atoms with Gasteiger partial charge in [-0.1, -0.05) is 34.1 Å². The van der Waals surface area contributed by atoms with Crippen molar-refractivity contribution >= 4 is 33.2 Å². The zero-order valence-electron chi connectivity index (χ0n) is 17.8. The maximum Gasteiger partial charge on any atom is 0.234 e. The Hall–Kier alpha value is -2.66. The van der Waals surface area contributed by atoms with E-state index >= 15 is 0 Å². The number of rotatable bonds is 5. The molecule has 0 aliphatic heterocycles. The monoisotopic (exact) mass is 480 g/mol. The number of halogens is 2. The Morgan fingerprint density at radius 1 is 1.00 bits per heavy atom. The molecule has 31 heavy (non-hydrogen) atoms. The van der Waals surface area contributed by atoms with Crippen molar-refractivity contribution in [1.29, 1.82) is 0 Å². The second-order valence-corrected chi connectivity index (χ2v) is 9.17. The van der Waals surface area contributed by atoms with Crippen LogP contribution in [0.2, 0.25) is 0 Å². The molecular weight excluding hydrogens is 455 g/mol. The second kappa shape index (κ2) is 9.23. The highest BCUT2D eigenvalue weighted by atomic mass is 79.9. The summed E-state index contributed by atoms with van der Waals surface area (Å²) in [6.07, 6.45) is 2.56. The topological polar surface area (TPSA) is 23.6 Å². The van der Waals surface area contributed by atoms with Crippen molar-refractivity contribution in [3.63, 3.8) is 0 Å².